The van der Waals surface area contributed by atoms with Crippen LogP contribution in [0.1, 0.15) is 88.5 Å². The van der Waals surface area contributed by atoms with E-state index in [4.69, 9.17) is 14.6 Å². The first-order valence-corrected chi connectivity index (χ1v) is 17.6. The molecule has 1 aromatic carbocycles. The van der Waals surface area contributed by atoms with Crippen LogP contribution in [0, 0.1) is 11.3 Å². The van der Waals surface area contributed by atoms with Crippen LogP contribution in [-0.4, -0.2) is 90.6 Å². The first-order chi connectivity index (χ1) is 23.1. The Kier molecular flexibility index (Phi) is 7.81. The molecule has 3 aromatic heterocycles. The van der Waals surface area contributed by atoms with Crippen molar-refractivity contribution < 1.29 is 19.1 Å². The highest BCUT2D eigenvalue weighted by molar-refractivity contribution is 6.09. The zero-order chi connectivity index (χ0) is 33.0. The molecule has 12 heteroatoms. The van der Waals surface area contributed by atoms with Gasteiger partial charge in [0.1, 0.15) is 16.9 Å². The Morgan fingerprint density at radius 1 is 1.04 bits per heavy atom. The molecule has 2 aliphatic heterocycles. The fraction of sp³-hybridized carbons (Fsp3) is 0.583. The third kappa shape index (κ3) is 6.34. The quantitative estimate of drug-likeness (QED) is 0.260. The Hall–Kier alpha value is -4.19. The number of ether oxygens (including phenoxy) is 2. The van der Waals surface area contributed by atoms with Gasteiger partial charge in [-0.3, -0.25) is 14.4 Å². The van der Waals surface area contributed by atoms with Crippen LogP contribution in [0.15, 0.2) is 43.0 Å². The Morgan fingerprint density at radius 2 is 1.83 bits per heavy atom. The van der Waals surface area contributed by atoms with Crippen molar-refractivity contribution in [2.24, 2.45) is 11.3 Å². The van der Waals surface area contributed by atoms with E-state index in [9.17, 15) is 9.59 Å². The molecule has 1 spiro atoms. The number of carbonyl (C=O) groups is 2. The molecule has 0 atom stereocenters. The molecule has 4 fully saturated rings. The Balaban J connectivity index is 0.927. The molecule has 12 nitrogen and oxygen atoms in total. The van der Waals surface area contributed by atoms with E-state index in [0.717, 1.165) is 62.8 Å². The van der Waals surface area contributed by atoms with Gasteiger partial charge in [0.25, 0.3) is 5.91 Å². The number of hydrogen-bond acceptors (Lipinski definition) is 8. The highest BCUT2D eigenvalue weighted by atomic mass is 16.6. The van der Waals surface area contributed by atoms with Crippen molar-refractivity contribution in [2.75, 3.05) is 38.1 Å². The summed E-state index contributed by atoms with van der Waals surface area (Å²) in [6.45, 7) is 10.2. The maximum atomic E-state index is 13.4. The summed E-state index contributed by atoms with van der Waals surface area (Å²) in [7, 11) is 0. The normalized spacial score (nSPS) is 22.9. The maximum Gasteiger partial charge on any atom is 0.410 e. The second kappa shape index (κ2) is 12.0. The summed E-state index contributed by atoms with van der Waals surface area (Å²) < 4.78 is 15.6. The topological polar surface area (TPSA) is 119 Å². The summed E-state index contributed by atoms with van der Waals surface area (Å²) in [5.41, 5.74) is 2.17. The largest absolute Gasteiger partial charge is 0.491 e. The van der Waals surface area contributed by atoms with Gasteiger partial charge in [-0.2, -0.15) is 10.2 Å². The number of nitrogens with zero attached hydrogens (tertiary/aromatic N) is 7. The molecule has 2 saturated heterocycles. The summed E-state index contributed by atoms with van der Waals surface area (Å²) in [6, 6.07) is 6.63. The Morgan fingerprint density at radius 3 is 2.60 bits per heavy atom. The summed E-state index contributed by atoms with van der Waals surface area (Å²) in [6.07, 6.45) is 16.1. The van der Waals surface area contributed by atoms with Gasteiger partial charge in [-0.1, -0.05) is 0 Å². The molecule has 8 rings (SSSR count). The van der Waals surface area contributed by atoms with Crippen molar-refractivity contribution >= 4 is 34.2 Å². The zero-order valence-electron chi connectivity index (χ0n) is 28.2. The third-order valence-electron chi connectivity index (χ3n) is 10.5. The van der Waals surface area contributed by atoms with E-state index >= 15 is 0 Å². The zero-order valence-corrected chi connectivity index (χ0v) is 28.2. The molecular weight excluding hydrogens is 608 g/mol. The van der Waals surface area contributed by atoms with E-state index in [1.54, 1.807) is 29.2 Å². The first kappa shape index (κ1) is 31.1. The number of anilines is 1. The fourth-order valence-corrected chi connectivity index (χ4v) is 7.87. The molecule has 4 aromatic rings. The van der Waals surface area contributed by atoms with Crippen molar-refractivity contribution in [1.29, 1.82) is 0 Å². The van der Waals surface area contributed by atoms with Crippen LogP contribution in [0.4, 0.5) is 10.5 Å². The monoisotopic (exact) mass is 654 g/mol. The number of rotatable bonds is 7. The Bertz CT molecular complexity index is 1820. The minimum Gasteiger partial charge on any atom is -0.491 e. The number of piperidine rings is 1. The van der Waals surface area contributed by atoms with Gasteiger partial charge in [0.2, 0.25) is 0 Å². The van der Waals surface area contributed by atoms with Crippen LogP contribution < -0.4 is 10.1 Å². The Labute approximate surface area is 280 Å². The second-order valence-electron chi connectivity index (χ2n) is 15.5. The van der Waals surface area contributed by atoms with Crippen LogP contribution in [0.3, 0.4) is 0 Å². The molecule has 0 radical (unpaired) electrons. The van der Waals surface area contributed by atoms with E-state index in [-0.39, 0.29) is 17.4 Å². The van der Waals surface area contributed by atoms with Gasteiger partial charge in [-0.15, -0.1) is 0 Å². The van der Waals surface area contributed by atoms with Gasteiger partial charge in [-0.05, 0) is 96.7 Å². The predicted octanol–water partition coefficient (Wildman–Crippen LogP) is 5.94. The molecular formula is C36H46N8O4. The van der Waals surface area contributed by atoms with Gasteiger partial charge < -0.3 is 19.7 Å². The summed E-state index contributed by atoms with van der Waals surface area (Å²) >= 11 is 0. The summed E-state index contributed by atoms with van der Waals surface area (Å²) in [4.78, 5) is 34.9. The smallest absolute Gasteiger partial charge is 0.410 e. The van der Waals surface area contributed by atoms with Crippen LogP contribution in [0.2, 0.25) is 0 Å². The number of likely N-dealkylation sites (tertiary alicyclic amines) is 2. The number of carbonyl (C=O) groups excluding carboxylic acids is 2. The van der Waals surface area contributed by atoms with E-state index in [1.165, 1.54) is 25.7 Å². The summed E-state index contributed by atoms with van der Waals surface area (Å²) in [5.74, 6) is 0.939. The lowest BCUT2D eigenvalue weighted by atomic mass is 9.72. The number of fused-ring (bicyclic) bond motifs is 2. The van der Waals surface area contributed by atoms with Gasteiger partial charge >= 0.3 is 6.09 Å². The van der Waals surface area contributed by atoms with Crippen LogP contribution >= 0.6 is 0 Å². The van der Waals surface area contributed by atoms with E-state index < -0.39 is 5.60 Å². The average molecular weight is 655 g/mol. The number of hydrogen-bond donors (Lipinski definition) is 1. The van der Waals surface area contributed by atoms with E-state index in [1.807, 2.05) is 37.8 Å². The van der Waals surface area contributed by atoms with Crippen LogP contribution in [0.25, 0.3) is 16.6 Å². The van der Waals surface area contributed by atoms with E-state index in [2.05, 4.69) is 31.2 Å². The lowest BCUT2D eigenvalue weighted by Gasteiger charge is -2.55. The predicted molar refractivity (Wildman–Crippen MR) is 181 cm³/mol. The lowest BCUT2D eigenvalue weighted by molar-refractivity contribution is -0.0745. The molecule has 4 aliphatic rings. The lowest BCUT2D eigenvalue weighted by Crippen LogP contribution is -2.65. The second-order valence-corrected chi connectivity index (χ2v) is 15.5. The fourth-order valence-electron chi connectivity index (χ4n) is 7.87. The van der Waals surface area contributed by atoms with Crippen molar-refractivity contribution in [3.05, 3.63) is 48.5 Å². The minimum absolute atomic E-state index is 0.183. The first-order valence-electron chi connectivity index (χ1n) is 17.6. The molecule has 48 heavy (non-hydrogen) atoms. The molecule has 0 unspecified atom stereocenters. The van der Waals surface area contributed by atoms with Crippen molar-refractivity contribution in [3.63, 3.8) is 0 Å². The molecule has 2 amide bonds. The molecule has 254 valence electrons. The van der Waals surface area contributed by atoms with Gasteiger partial charge in [0.05, 0.1) is 30.0 Å². The average Bonchev–Trinajstić information content (AvgIpc) is 3.63. The molecule has 1 N–H and O–H groups in total. The van der Waals surface area contributed by atoms with Crippen molar-refractivity contribution in [1.82, 2.24) is 34.2 Å². The molecule has 5 heterocycles. The maximum absolute atomic E-state index is 13.4. The highest BCUT2D eigenvalue weighted by Crippen LogP contribution is 2.43. The number of benzene rings is 1. The van der Waals surface area contributed by atoms with Gasteiger partial charge in [0, 0.05) is 61.1 Å². The number of amides is 2. The van der Waals surface area contributed by atoms with Crippen LogP contribution in [-0.2, 0) is 4.74 Å². The molecule has 2 aliphatic carbocycles. The SMILES string of the molecule is CC(C)(C)OC(=O)N1CC2(CCCN(C3CCC(n4cc5cc(NC(=O)c6cnn7cccnc67)c(OCC6CC6)cc5n4)CC3)C2)C1. The highest BCUT2D eigenvalue weighted by Gasteiger charge is 2.49. The molecule has 0 bridgehead atoms. The standard InChI is InChI=1S/C36H46N8O4/c1-35(2,3)48-34(46)42-22-36(23-42)12-4-14-41(21-36)26-8-10-27(11-9-26)44-19-25-16-30(31(17-29(25)40-44)47-20-24-6-7-24)39-33(45)28-18-38-43-15-5-13-37-32(28)43/h5,13,15-19,24,26-27H,4,6-12,14,20-23H2,1-3H3,(H,39,45). The summed E-state index contributed by atoms with van der Waals surface area (Å²) in [5, 5.41) is 13.3. The van der Waals surface area contributed by atoms with Crippen LogP contribution in [0.5, 0.6) is 5.75 Å². The third-order valence-corrected chi connectivity index (χ3v) is 10.5. The van der Waals surface area contributed by atoms with Gasteiger partial charge in [0.15, 0.2) is 5.65 Å². The van der Waals surface area contributed by atoms with Gasteiger partial charge in [-0.25, -0.2) is 14.3 Å². The van der Waals surface area contributed by atoms with Crippen molar-refractivity contribution in [3.8, 4) is 5.75 Å². The van der Waals surface area contributed by atoms with Crippen molar-refractivity contribution in [2.45, 2.75) is 89.8 Å². The number of nitrogens with one attached hydrogen (secondary N) is 1. The molecule has 2 saturated carbocycles. The van der Waals surface area contributed by atoms with E-state index in [0.29, 0.717) is 47.3 Å². The number of aromatic nitrogens is 5. The minimum atomic E-state index is -0.462.